The monoisotopic (exact) mass is 407 g/mol. The number of aromatic nitrogens is 3. The molecule has 1 aliphatic rings. The van der Waals surface area contributed by atoms with Crippen LogP contribution in [0.25, 0.3) is 16.6 Å². The number of aromatic hydroxyl groups is 1. The van der Waals surface area contributed by atoms with Crippen LogP contribution in [0.3, 0.4) is 0 Å². The lowest BCUT2D eigenvalue weighted by atomic mass is 9.94. The Hall–Kier alpha value is -3.65. The van der Waals surface area contributed by atoms with Gasteiger partial charge in [-0.25, -0.2) is 13.8 Å². The van der Waals surface area contributed by atoms with Gasteiger partial charge in [0, 0.05) is 17.3 Å². The molecule has 0 saturated heterocycles. The van der Waals surface area contributed by atoms with Gasteiger partial charge in [0.05, 0.1) is 25.0 Å². The number of nitrogens with one attached hydrogen (secondary N) is 3. The average molecular weight is 407 g/mol. The summed E-state index contributed by atoms with van der Waals surface area (Å²) < 4.78 is 14.3. The van der Waals surface area contributed by atoms with Crippen LogP contribution in [0.1, 0.15) is 22.9 Å². The highest BCUT2D eigenvalue weighted by atomic mass is 19.1. The number of para-hydroxylation sites is 1. The van der Waals surface area contributed by atoms with Crippen LogP contribution >= 0.6 is 0 Å². The zero-order chi connectivity index (χ0) is 21.0. The minimum Gasteiger partial charge on any atom is -0.494 e. The van der Waals surface area contributed by atoms with Crippen LogP contribution in [0, 0.1) is 5.82 Å². The Morgan fingerprint density at radius 2 is 1.83 bits per heavy atom. The molecular weight excluding hydrogens is 387 g/mol. The third-order valence-corrected chi connectivity index (χ3v) is 5.89. The molecule has 8 heteroatoms. The maximum Gasteiger partial charge on any atom is 0.335 e. The molecule has 0 spiro atoms. The van der Waals surface area contributed by atoms with Gasteiger partial charge in [-0.05, 0) is 35.9 Å². The Bertz CT molecular complexity index is 1380. The fraction of sp³-hybridized carbons (Fsp3) is 0.182. The van der Waals surface area contributed by atoms with E-state index in [0.717, 1.165) is 44.6 Å². The molecule has 4 aromatic rings. The summed E-state index contributed by atoms with van der Waals surface area (Å²) in [5.74, 6) is -0.902. The lowest BCUT2D eigenvalue weighted by molar-refractivity contribution is -0.908. The molecule has 5 rings (SSSR count). The molecule has 0 fully saturated rings. The summed E-state index contributed by atoms with van der Waals surface area (Å²) in [6.07, 6.45) is 0.831. The molecule has 7 nitrogen and oxygen atoms in total. The molecule has 0 amide bonds. The van der Waals surface area contributed by atoms with Crippen molar-refractivity contribution in [3.63, 3.8) is 0 Å². The Kier molecular flexibility index (Phi) is 4.11. The van der Waals surface area contributed by atoms with Gasteiger partial charge in [0.2, 0.25) is 5.88 Å². The van der Waals surface area contributed by atoms with E-state index in [2.05, 4.69) is 9.97 Å². The van der Waals surface area contributed by atoms with Crippen molar-refractivity contribution in [3.8, 4) is 11.6 Å². The van der Waals surface area contributed by atoms with E-state index in [0.29, 0.717) is 0 Å². The predicted molar refractivity (Wildman–Crippen MR) is 110 cm³/mol. The van der Waals surface area contributed by atoms with Gasteiger partial charge in [-0.1, -0.05) is 18.2 Å². The predicted octanol–water partition coefficient (Wildman–Crippen LogP) is 1.01. The SMILES string of the molecule is C[NH+]1CCc2c([nH]c3ccccc23)[C@H]1c1c(O)n(-c2ccc(F)cc2)c(=O)[nH]c1=O. The number of halogens is 1. The number of benzene rings is 2. The number of rotatable bonds is 2. The molecule has 152 valence electrons. The van der Waals surface area contributed by atoms with Gasteiger partial charge in [0.25, 0.3) is 5.56 Å². The van der Waals surface area contributed by atoms with Crippen LogP contribution in [0.15, 0.2) is 58.1 Å². The second-order valence-electron chi connectivity index (χ2n) is 7.65. The maximum atomic E-state index is 13.3. The standard InChI is InChI=1S/C22H19FN4O3/c1-26-11-10-15-14-4-2-3-5-16(14)24-18(15)19(26)17-20(28)25-22(30)27(21(17)29)13-8-6-12(23)7-9-13/h2-9,19,24,29H,10-11H2,1H3,(H,25,28,30)/p+1/t19-/m1/s1. The molecule has 1 unspecified atom stereocenters. The highest BCUT2D eigenvalue weighted by Crippen LogP contribution is 2.33. The van der Waals surface area contributed by atoms with Crippen LogP contribution < -0.4 is 16.1 Å². The van der Waals surface area contributed by atoms with Gasteiger partial charge in [-0.3, -0.25) is 9.78 Å². The molecule has 0 aliphatic carbocycles. The molecular formula is C22H20FN4O3+. The van der Waals surface area contributed by atoms with Crippen molar-refractivity contribution in [1.29, 1.82) is 0 Å². The average Bonchev–Trinajstić information content (AvgIpc) is 3.09. The summed E-state index contributed by atoms with van der Waals surface area (Å²) in [5.41, 5.74) is 1.88. The Balaban J connectivity index is 1.77. The number of hydrogen-bond donors (Lipinski definition) is 4. The lowest BCUT2D eigenvalue weighted by Crippen LogP contribution is -3.10. The third kappa shape index (κ3) is 2.68. The third-order valence-electron chi connectivity index (χ3n) is 5.89. The van der Waals surface area contributed by atoms with E-state index >= 15 is 0 Å². The van der Waals surface area contributed by atoms with E-state index < -0.39 is 29.0 Å². The Morgan fingerprint density at radius 3 is 2.60 bits per heavy atom. The summed E-state index contributed by atoms with van der Waals surface area (Å²) in [4.78, 5) is 32.1. The molecule has 1 aliphatic heterocycles. The van der Waals surface area contributed by atoms with Crippen molar-refractivity contribution in [2.75, 3.05) is 13.6 Å². The second kappa shape index (κ2) is 6.70. The van der Waals surface area contributed by atoms with Gasteiger partial charge in [0.15, 0.2) is 6.04 Å². The van der Waals surface area contributed by atoms with Crippen LogP contribution in [0.4, 0.5) is 4.39 Å². The van der Waals surface area contributed by atoms with Crippen molar-refractivity contribution in [2.24, 2.45) is 0 Å². The molecule has 30 heavy (non-hydrogen) atoms. The van der Waals surface area contributed by atoms with Crippen molar-refractivity contribution in [2.45, 2.75) is 12.5 Å². The van der Waals surface area contributed by atoms with E-state index in [1.165, 1.54) is 24.3 Å². The number of hydrogen-bond acceptors (Lipinski definition) is 3. The number of likely N-dealkylation sites (N-methyl/N-ethyl adjacent to an activating group) is 1. The second-order valence-corrected chi connectivity index (χ2v) is 7.65. The van der Waals surface area contributed by atoms with Gasteiger partial charge >= 0.3 is 5.69 Å². The van der Waals surface area contributed by atoms with Gasteiger partial charge in [-0.2, -0.15) is 0 Å². The van der Waals surface area contributed by atoms with E-state index in [-0.39, 0.29) is 11.3 Å². The number of H-pyrrole nitrogens is 2. The summed E-state index contributed by atoms with van der Waals surface area (Å²) in [6.45, 7) is 0.758. The normalized spacial score (nSPS) is 18.5. The first-order chi connectivity index (χ1) is 14.5. The van der Waals surface area contributed by atoms with E-state index in [1.807, 2.05) is 31.3 Å². The van der Waals surface area contributed by atoms with Gasteiger partial charge in [-0.15, -0.1) is 0 Å². The number of nitrogens with zero attached hydrogens (tertiary/aromatic N) is 1. The summed E-state index contributed by atoms with van der Waals surface area (Å²) >= 11 is 0. The number of aromatic amines is 2. The zero-order valence-corrected chi connectivity index (χ0v) is 16.2. The molecule has 2 aromatic carbocycles. The van der Waals surface area contributed by atoms with Gasteiger partial charge in [0.1, 0.15) is 11.4 Å². The summed E-state index contributed by atoms with van der Waals surface area (Å²) in [5, 5.41) is 12.2. The first-order valence-corrected chi connectivity index (χ1v) is 9.71. The van der Waals surface area contributed by atoms with Crippen molar-refractivity contribution >= 4 is 10.9 Å². The van der Waals surface area contributed by atoms with Crippen LogP contribution in [-0.4, -0.2) is 33.2 Å². The lowest BCUT2D eigenvalue weighted by Gasteiger charge is -2.30. The number of quaternary nitrogens is 1. The molecule has 0 saturated carbocycles. The Labute approximate surface area is 170 Å². The first kappa shape index (κ1) is 18.4. The van der Waals surface area contributed by atoms with Crippen LogP contribution in [0.5, 0.6) is 5.88 Å². The number of fused-ring (bicyclic) bond motifs is 3. The molecule has 2 atom stereocenters. The largest absolute Gasteiger partial charge is 0.494 e. The van der Waals surface area contributed by atoms with Crippen molar-refractivity contribution < 1.29 is 14.4 Å². The first-order valence-electron chi connectivity index (χ1n) is 9.71. The quantitative estimate of drug-likeness (QED) is 0.400. The fourth-order valence-corrected chi connectivity index (χ4v) is 4.47. The topological polar surface area (TPSA) is 95.3 Å². The molecule has 4 N–H and O–H groups in total. The highest BCUT2D eigenvalue weighted by molar-refractivity contribution is 5.85. The summed E-state index contributed by atoms with van der Waals surface area (Å²) in [6, 6.07) is 12.6. The highest BCUT2D eigenvalue weighted by Gasteiger charge is 2.37. The van der Waals surface area contributed by atoms with Crippen LogP contribution in [-0.2, 0) is 6.42 Å². The maximum absolute atomic E-state index is 13.3. The minimum atomic E-state index is -0.779. The Morgan fingerprint density at radius 1 is 1.10 bits per heavy atom. The van der Waals surface area contributed by atoms with Gasteiger partial charge < -0.3 is 15.0 Å². The molecule has 0 bridgehead atoms. The van der Waals surface area contributed by atoms with Crippen molar-refractivity contribution in [1.82, 2.24) is 14.5 Å². The zero-order valence-electron chi connectivity index (χ0n) is 16.2. The van der Waals surface area contributed by atoms with Crippen molar-refractivity contribution in [3.05, 3.63) is 92.0 Å². The molecule has 3 heterocycles. The molecule has 0 radical (unpaired) electrons. The molecule has 2 aromatic heterocycles. The van der Waals surface area contributed by atoms with E-state index in [9.17, 15) is 19.1 Å². The van der Waals surface area contributed by atoms with E-state index in [1.54, 1.807) is 0 Å². The minimum absolute atomic E-state index is 0.101. The van der Waals surface area contributed by atoms with Crippen LogP contribution in [0.2, 0.25) is 0 Å². The summed E-state index contributed by atoms with van der Waals surface area (Å²) in [7, 11) is 1.95. The fourth-order valence-electron chi connectivity index (χ4n) is 4.47. The smallest absolute Gasteiger partial charge is 0.335 e. The van der Waals surface area contributed by atoms with E-state index in [4.69, 9.17) is 0 Å².